The number of anilines is 1. The van der Waals surface area contributed by atoms with Crippen LogP contribution in [0.3, 0.4) is 0 Å². The van der Waals surface area contributed by atoms with Gasteiger partial charge in [-0.2, -0.15) is 13.2 Å². The van der Waals surface area contributed by atoms with Gasteiger partial charge in [-0.05, 0) is 48.5 Å². The fraction of sp³-hybridized carbons (Fsp3) is 0.0476. The van der Waals surface area contributed by atoms with Crippen LogP contribution in [0.2, 0.25) is 15.1 Å². The van der Waals surface area contributed by atoms with Gasteiger partial charge in [0.1, 0.15) is 5.82 Å². The molecule has 4 nitrogen and oxygen atoms in total. The number of benzene rings is 3. The van der Waals surface area contributed by atoms with Crippen LogP contribution in [0.15, 0.2) is 54.6 Å². The highest BCUT2D eigenvalue weighted by atomic mass is 35.5. The monoisotopic (exact) mass is 483 g/mol. The van der Waals surface area contributed by atoms with Crippen LogP contribution in [0.25, 0.3) is 22.4 Å². The minimum absolute atomic E-state index is 0.0324. The van der Waals surface area contributed by atoms with E-state index in [4.69, 9.17) is 34.8 Å². The van der Waals surface area contributed by atoms with Gasteiger partial charge in [0, 0.05) is 11.3 Å². The predicted molar refractivity (Wildman–Crippen MR) is 116 cm³/mol. The molecule has 31 heavy (non-hydrogen) atoms. The summed E-state index contributed by atoms with van der Waals surface area (Å²) >= 11 is 18.1. The number of hydrogen-bond donors (Lipinski definition) is 2. The van der Waals surface area contributed by atoms with E-state index in [1.807, 2.05) is 0 Å². The first kappa shape index (κ1) is 21.5. The van der Waals surface area contributed by atoms with E-state index in [0.29, 0.717) is 32.5 Å². The highest BCUT2D eigenvalue weighted by Gasteiger charge is 2.33. The number of aromatic amines is 1. The summed E-state index contributed by atoms with van der Waals surface area (Å²) in [6.07, 6.45) is -4.64. The molecule has 0 radical (unpaired) electrons. The molecule has 1 amide bonds. The molecule has 0 aliphatic heterocycles. The lowest BCUT2D eigenvalue weighted by Crippen LogP contribution is -2.13. The van der Waals surface area contributed by atoms with E-state index in [1.165, 1.54) is 18.2 Å². The van der Waals surface area contributed by atoms with Crippen molar-refractivity contribution in [3.05, 3.63) is 80.8 Å². The number of imidazole rings is 1. The Balaban J connectivity index is 1.64. The summed E-state index contributed by atoms with van der Waals surface area (Å²) < 4.78 is 39.1. The molecule has 1 aromatic heterocycles. The van der Waals surface area contributed by atoms with Crippen molar-refractivity contribution in [1.82, 2.24) is 9.97 Å². The zero-order valence-corrected chi connectivity index (χ0v) is 17.6. The molecular weight excluding hydrogens is 474 g/mol. The van der Waals surface area contributed by atoms with Crippen molar-refractivity contribution in [3.8, 4) is 11.4 Å². The van der Waals surface area contributed by atoms with Gasteiger partial charge in [-0.25, -0.2) is 4.98 Å². The smallest absolute Gasteiger partial charge is 0.338 e. The van der Waals surface area contributed by atoms with Crippen molar-refractivity contribution >= 4 is 57.4 Å². The van der Waals surface area contributed by atoms with Crippen molar-refractivity contribution in [2.75, 3.05) is 5.32 Å². The first-order valence-corrected chi connectivity index (χ1v) is 9.89. The van der Waals surface area contributed by atoms with Crippen molar-refractivity contribution < 1.29 is 18.0 Å². The van der Waals surface area contributed by atoms with E-state index in [0.717, 1.165) is 12.1 Å². The second-order valence-corrected chi connectivity index (χ2v) is 7.78. The molecule has 1 heterocycles. The number of alkyl halides is 3. The van der Waals surface area contributed by atoms with Crippen molar-refractivity contribution in [2.24, 2.45) is 0 Å². The van der Waals surface area contributed by atoms with Gasteiger partial charge < -0.3 is 10.3 Å². The normalized spacial score (nSPS) is 11.7. The number of H-pyrrole nitrogens is 1. The maximum absolute atomic E-state index is 13.0. The third kappa shape index (κ3) is 4.35. The molecule has 2 N–H and O–H groups in total. The van der Waals surface area contributed by atoms with Crippen LogP contribution in [-0.4, -0.2) is 15.9 Å². The Morgan fingerprint density at radius 3 is 2.32 bits per heavy atom. The highest BCUT2D eigenvalue weighted by molar-refractivity contribution is 6.39. The number of hydrogen-bond acceptors (Lipinski definition) is 2. The van der Waals surface area contributed by atoms with Crippen LogP contribution in [0.5, 0.6) is 0 Å². The lowest BCUT2D eigenvalue weighted by atomic mass is 10.1. The van der Waals surface area contributed by atoms with Crippen LogP contribution in [0.1, 0.15) is 15.9 Å². The Kier molecular flexibility index (Phi) is 5.60. The Morgan fingerprint density at radius 2 is 1.65 bits per heavy atom. The molecule has 0 aliphatic rings. The second-order valence-electron chi connectivity index (χ2n) is 6.56. The van der Waals surface area contributed by atoms with Crippen LogP contribution >= 0.6 is 34.8 Å². The van der Waals surface area contributed by atoms with Crippen molar-refractivity contribution in [2.45, 2.75) is 6.18 Å². The number of carbonyl (C=O) groups is 1. The Bertz CT molecular complexity index is 1300. The number of carbonyl (C=O) groups excluding carboxylic acids is 1. The SMILES string of the molecule is O=C(Nc1ccc(Cl)c(C(F)(F)F)c1)c1ccc2nc(-c3c(Cl)cccc3Cl)[nH]c2c1. The third-order valence-electron chi connectivity index (χ3n) is 4.47. The van der Waals surface area contributed by atoms with E-state index < -0.39 is 22.7 Å². The molecule has 4 rings (SSSR count). The van der Waals surface area contributed by atoms with E-state index >= 15 is 0 Å². The summed E-state index contributed by atoms with van der Waals surface area (Å²) in [5, 5.41) is 2.82. The van der Waals surface area contributed by atoms with Crippen LogP contribution < -0.4 is 5.32 Å². The number of nitrogens with one attached hydrogen (secondary N) is 2. The molecule has 0 spiro atoms. The quantitative estimate of drug-likeness (QED) is 0.317. The number of nitrogens with zero attached hydrogens (tertiary/aromatic N) is 1. The zero-order valence-electron chi connectivity index (χ0n) is 15.3. The summed E-state index contributed by atoms with van der Waals surface area (Å²) in [5.74, 6) is -0.167. The molecule has 0 aliphatic carbocycles. The fourth-order valence-corrected chi connectivity index (χ4v) is 3.82. The lowest BCUT2D eigenvalue weighted by molar-refractivity contribution is -0.137. The van der Waals surface area contributed by atoms with Gasteiger partial charge in [0.15, 0.2) is 0 Å². The lowest BCUT2D eigenvalue weighted by Gasteiger charge is -2.11. The molecule has 4 aromatic rings. The molecule has 10 heteroatoms. The molecule has 0 saturated carbocycles. The van der Waals surface area contributed by atoms with Gasteiger partial charge >= 0.3 is 6.18 Å². The Hall–Kier alpha value is -2.74. The molecule has 3 aromatic carbocycles. The minimum atomic E-state index is -4.64. The summed E-state index contributed by atoms with van der Waals surface area (Å²) in [4.78, 5) is 20.1. The topological polar surface area (TPSA) is 57.8 Å². The second kappa shape index (κ2) is 8.07. The molecule has 0 bridgehead atoms. The molecular formula is C21H11Cl3F3N3O. The predicted octanol–water partition coefficient (Wildman–Crippen LogP) is 7.46. The molecule has 0 atom stereocenters. The van der Waals surface area contributed by atoms with Crippen LogP contribution in [0.4, 0.5) is 18.9 Å². The zero-order chi connectivity index (χ0) is 22.3. The van der Waals surface area contributed by atoms with Crippen molar-refractivity contribution in [1.29, 1.82) is 0 Å². The number of amides is 1. The fourth-order valence-electron chi connectivity index (χ4n) is 3.02. The van der Waals surface area contributed by atoms with Gasteiger partial charge in [0.05, 0.1) is 37.2 Å². The van der Waals surface area contributed by atoms with E-state index in [-0.39, 0.29) is 11.3 Å². The molecule has 0 fully saturated rings. The van der Waals surface area contributed by atoms with Gasteiger partial charge in [-0.3, -0.25) is 4.79 Å². The third-order valence-corrected chi connectivity index (χ3v) is 5.43. The summed E-state index contributed by atoms with van der Waals surface area (Å²) in [5.41, 5.74) is 0.775. The first-order chi connectivity index (χ1) is 14.6. The van der Waals surface area contributed by atoms with E-state index in [1.54, 1.807) is 24.3 Å². The van der Waals surface area contributed by atoms with Gasteiger partial charge in [-0.15, -0.1) is 0 Å². The summed E-state index contributed by atoms with van der Waals surface area (Å²) in [6, 6.07) is 12.9. The Labute approximate surface area is 189 Å². The highest BCUT2D eigenvalue weighted by Crippen LogP contribution is 2.36. The average Bonchev–Trinajstić information content (AvgIpc) is 3.11. The summed E-state index contributed by atoms with van der Waals surface area (Å²) in [6.45, 7) is 0. The number of halogens is 6. The maximum atomic E-state index is 13.0. The van der Waals surface area contributed by atoms with Gasteiger partial charge in [0.25, 0.3) is 5.91 Å². The van der Waals surface area contributed by atoms with Crippen molar-refractivity contribution in [3.63, 3.8) is 0 Å². The first-order valence-electron chi connectivity index (χ1n) is 8.76. The molecule has 0 unspecified atom stereocenters. The van der Waals surface area contributed by atoms with Gasteiger partial charge in [-0.1, -0.05) is 40.9 Å². The standard InChI is InChI=1S/C21H11Cl3F3N3O/c22-13-6-5-11(9-12(13)21(25,26)27)28-20(31)10-4-7-16-17(8-10)30-19(29-16)18-14(23)2-1-3-15(18)24/h1-9H,(H,28,31)(H,29,30). The number of fused-ring (bicyclic) bond motifs is 1. The largest absolute Gasteiger partial charge is 0.417 e. The number of aromatic nitrogens is 2. The van der Waals surface area contributed by atoms with Crippen LogP contribution in [0, 0.1) is 0 Å². The molecule has 158 valence electrons. The van der Waals surface area contributed by atoms with Gasteiger partial charge in [0.2, 0.25) is 0 Å². The minimum Gasteiger partial charge on any atom is -0.338 e. The average molecular weight is 485 g/mol. The number of rotatable bonds is 3. The Morgan fingerprint density at radius 1 is 0.935 bits per heavy atom. The maximum Gasteiger partial charge on any atom is 0.417 e. The summed E-state index contributed by atoms with van der Waals surface area (Å²) in [7, 11) is 0. The molecule has 0 saturated heterocycles. The van der Waals surface area contributed by atoms with Crippen LogP contribution in [-0.2, 0) is 6.18 Å². The van der Waals surface area contributed by atoms with E-state index in [2.05, 4.69) is 15.3 Å². The van der Waals surface area contributed by atoms with E-state index in [9.17, 15) is 18.0 Å².